The number of nitrogens with zero attached hydrogens (tertiary/aromatic N) is 2. The Labute approximate surface area is 116 Å². The average Bonchev–Trinajstić information content (AvgIpc) is 3.04. The number of fused-ring (bicyclic) bond motifs is 3. The van der Waals surface area contributed by atoms with Gasteiger partial charge in [0.2, 0.25) is 0 Å². The van der Waals surface area contributed by atoms with Crippen molar-refractivity contribution in [1.82, 2.24) is 15.1 Å². The second-order valence-corrected chi connectivity index (χ2v) is 6.76. The van der Waals surface area contributed by atoms with Gasteiger partial charge in [0.25, 0.3) is 0 Å². The van der Waals surface area contributed by atoms with Gasteiger partial charge in [0.05, 0.1) is 10.9 Å². The molecule has 0 amide bonds. The van der Waals surface area contributed by atoms with Crippen molar-refractivity contribution in [2.75, 3.05) is 25.0 Å². The van der Waals surface area contributed by atoms with Crippen LogP contribution in [0.15, 0.2) is 18.2 Å². The molecule has 2 aliphatic heterocycles. The molecule has 0 spiro atoms. The summed E-state index contributed by atoms with van der Waals surface area (Å²) < 4.78 is 2.22. The smallest absolute Gasteiger partial charge is 0.125 e. The number of aromatic nitrogens is 2. The minimum atomic E-state index is 0.562. The fourth-order valence-corrected chi connectivity index (χ4v) is 3.97. The molecule has 4 heterocycles. The van der Waals surface area contributed by atoms with Crippen LogP contribution in [0.3, 0.4) is 0 Å². The number of nitrogens with one attached hydrogen (secondary N) is 2. The van der Waals surface area contributed by atoms with Crippen molar-refractivity contribution >= 4 is 17.2 Å². The van der Waals surface area contributed by atoms with Crippen LogP contribution in [-0.2, 0) is 0 Å². The zero-order valence-corrected chi connectivity index (χ0v) is 11.8. The SMILES string of the molecule is Cc1ccc(-c2cc3n(n2)C2CCNCC2CN3)s1. The molecule has 0 aromatic carbocycles. The van der Waals surface area contributed by atoms with E-state index in [1.165, 1.54) is 22.0 Å². The lowest BCUT2D eigenvalue weighted by atomic mass is 9.92. The maximum atomic E-state index is 4.86. The minimum Gasteiger partial charge on any atom is -0.370 e. The van der Waals surface area contributed by atoms with Crippen molar-refractivity contribution in [2.24, 2.45) is 5.92 Å². The highest BCUT2D eigenvalue weighted by atomic mass is 32.1. The van der Waals surface area contributed by atoms with Crippen LogP contribution in [-0.4, -0.2) is 29.4 Å². The van der Waals surface area contributed by atoms with Gasteiger partial charge in [-0.05, 0) is 32.0 Å². The summed E-state index contributed by atoms with van der Waals surface area (Å²) in [6.45, 7) is 5.41. The van der Waals surface area contributed by atoms with E-state index in [4.69, 9.17) is 5.10 Å². The Kier molecular flexibility index (Phi) is 2.63. The first-order valence-electron chi connectivity index (χ1n) is 6.92. The Bertz CT molecular complexity index is 600. The lowest BCUT2D eigenvalue weighted by molar-refractivity contribution is 0.238. The standard InChI is InChI=1S/C14H18N4S/c1-9-2-3-13(19-9)11-6-14-16-8-10-7-15-5-4-12(10)18(14)17-11/h2-3,6,10,12,15-16H,4-5,7-8H2,1H3. The summed E-state index contributed by atoms with van der Waals surface area (Å²) in [7, 11) is 0. The first-order chi connectivity index (χ1) is 9.31. The molecule has 2 atom stereocenters. The van der Waals surface area contributed by atoms with E-state index in [-0.39, 0.29) is 0 Å². The van der Waals surface area contributed by atoms with Crippen LogP contribution in [0.1, 0.15) is 17.3 Å². The monoisotopic (exact) mass is 274 g/mol. The average molecular weight is 274 g/mol. The molecular formula is C14H18N4S. The number of thiophene rings is 1. The quantitative estimate of drug-likeness (QED) is 0.839. The maximum absolute atomic E-state index is 4.86. The van der Waals surface area contributed by atoms with Gasteiger partial charge in [-0.3, -0.25) is 0 Å². The van der Waals surface area contributed by atoms with E-state index in [0.717, 1.165) is 25.3 Å². The maximum Gasteiger partial charge on any atom is 0.125 e. The molecule has 0 bridgehead atoms. The van der Waals surface area contributed by atoms with E-state index in [2.05, 4.69) is 40.4 Å². The molecule has 2 unspecified atom stereocenters. The molecule has 4 nitrogen and oxygen atoms in total. The van der Waals surface area contributed by atoms with Gasteiger partial charge in [-0.15, -0.1) is 11.3 Å². The third kappa shape index (κ3) is 1.88. The van der Waals surface area contributed by atoms with Gasteiger partial charge >= 0.3 is 0 Å². The van der Waals surface area contributed by atoms with Gasteiger partial charge in [0.1, 0.15) is 11.5 Å². The van der Waals surface area contributed by atoms with Crippen molar-refractivity contribution in [2.45, 2.75) is 19.4 Å². The summed E-state index contributed by atoms with van der Waals surface area (Å²) in [5.74, 6) is 1.85. The summed E-state index contributed by atoms with van der Waals surface area (Å²) in [6, 6.07) is 7.10. The van der Waals surface area contributed by atoms with E-state index in [0.29, 0.717) is 12.0 Å². The van der Waals surface area contributed by atoms with Crippen molar-refractivity contribution in [3.8, 4) is 10.6 Å². The molecule has 4 rings (SSSR count). The van der Waals surface area contributed by atoms with E-state index in [1.54, 1.807) is 0 Å². The highest BCUT2D eigenvalue weighted by Crippen LogP contribution is 2.36. The highest BCUT2D eigenvalue weighted by molar-refractivity contribution is 7.15. The molecule has 100 valence electrons. The lowest BCUT2D eigenvalue weighted by Gasteiger charge is -2.37. The third-order valence-corrected chi connectivity index (χ3v) is 5.18. The van der Waals surface area contributed by atoms with Gasteiger partial charge in [-0.25, -0.2) is 4.68 Å². The van der Waals surface area contributed by atoms with Gasteiger partial charge < -0.3 is 10.6 Å². The van der Waals surface area contributed by atoms with Crippen LogP contribution in [0.25, 0.3) is 10.6 Å². The molecule has 0 saturated carbocycles. The second kappa shape index (κ2) is 4.35. The summed E-state index contributed by atoms with van der Waals surface area (Å²) in [5, 5.41) is 11.9. The number of aryl methyl sites for hydroxylation is 1. The van der Waals surface area contributed by atoms with Crippen LogP contribution in [0.5, 0.6) is 0 Å². The molecule has 2 N–H and O–H groups in total. The lowest BCUT2D eigenvalue weighted by Crippen LogP contribution is -2.44. The molecular weight excluding hydrogens is 256 g/mol. The van der Waals surface area contributed by atoms with E-state index >= 15 is 0 Å². The Morgan fingerprint density at radius 1 is 1.37 bits per heavy atom. The first-order valence-corrected chi connectivity index (χ1v) is 7.74. The molecule has 2 aromatic rings. The Morgan fingerprint density at radius 2 is 2.32 bits per heavy atom. The molecule has 0 radical (unpaired) electrons. The van der Waals surface area contributed by atoms with Crippen LogP contribution >= 0.6 is 11.3 Å². The molecule has 19 heavy (non-hydrogen) atoms. The van der Waals surface area contributed by atoms with Crippen LogP contribution in [0.2, 0.25) is 0 Å². The molecule has 2 aliphatic rings. The molecule has 0 aliphatic carbocycles. The van der Waals surface area contributed by atoms with Gasteiger partial charge in [-0.2, -0.15) is 5.10 Å². The molecule has 2 aromatic heterocycles. The zero-order valence-electron chi connectivity index (χ0n) is 11.0. The van der Waals surface area contributed by atoms with Crippen molar-refractivity contribution in [3.63, 3.8) is 0 Å². The third-order valence-electron chi connectivity index (χ3n) is 4.16. The summed E-state index contributed by atoms with van der Waals surface area (Å²) >= 11 is 1.82. The topological polar surface area (TPSA) is 41.9 Å². The van der Waals surface area contributed by atoms with E-state index < -0.39 is 0 Å². The van der Waals surface area contributed by atoms with Gasteiger partial charge in [-0.1, -0.05) is 0 Å². The molecule has 1 fully saturated rings. The number of hydrogen-bond donors (Lipinski definition) is 2. The van der Waals surface area contributed by atoms with Crippen molar-refractivity contribution < 1.29 is 0 Å². The minimum absolute atomic E-state index is 0.562. The fraction of sp³-hybridized carbons (Fsp3) is 0.500. The first kappa shape index (κ1) is 11.5. The zero-order chi connectivity index (χ0) is 12.8. The van der Waals surface area contributed by atoms with Crippen LogP contribution < -0.4 is 10.6 Å². The number of piperidine rings is 1. The summed E-state index contributed by atoms with van der Waals surface area (Å²) in [5.41, 5.74) is 1.11. The van der Waals surface area contributed by atoms with Gasteiger partial charge in [0.15, 0.2) is 0 Å². The van der Waals surface area contributed by atoms with Gasteiger partial charge in [0, 0.05) is 30.0 Å². The van der Waals surface area contributed by atoms with E-state index in [9.17, 15) is 0 Å². The normalized spacial score (nSPS) is 25.5. The number of anilines is 1. The number of rotatable bonds is 1. The Hall–Kier alpha value is -1.33. The highest BCUT2D eigenvalue weighted by Gasteiger charge is 2.32. The predicted octanol–water partition coefficient (Wildman–Crippen LogP) is 2.50. The van der Waals surface area contributed by atoms with Crippen molar-refractivity contribution in [1.29, 1.82) is 0 Å². The molecule has 1 saturated heterocycles. The number of hydrogen-bond acceptors (Lipinski definition) is 4. The van der Waals surface area contributed by atoms with Crippen LogP contribution in [0.4, 0.5) is 5.82 Å². The Morgan fingerprint density at radius 3 is 3.16 bits per heavy atom. The van der Waals surface area contributed by atoms with E-state index in [1.807, 2.05) is 11.3 Å². The van der Waals surface area contributed by atoms with Crippen molar-refractivity contribution in [3.05, 3.63) is 23.1 Å². The molecule has 5 heteroatoms. The predicted molar refractivity (Wildman–Crippen MR) is 78.8 cm³/mol. The summed E-state index contributed by atoms with van der Waals surface area (Å²) in [4.78, 5) is 2.61. The summed E-state index contributed by atoms with van der Waals surface area (Å²) in [6.07, 6.45) is 1.18. The largest absolute Gasteiger partial charge is 0.370 e. The van der Waals surface area contributed by atoms with Crippen LogP contribution in [0, 0.1) is 12.8 Å². The second-order valence-electron chi connectivity index (χ2n) is 5.47. The fourth-order valence-electron chi connectivity index (χ4n) is 3.15. The Balaban J connectivity index is 1.73.